The molecule has 0 saturated carbocycles. The summed E-state index contributed by atoms with van der Waals surface area (Å²) in [6.45, 7) is 6.37. The number of aryl methyl sites for hydroxylation is 1. The molecule has 0 aliphatic rings. The van der Waals surface area contributed by atoms with E-state index in [-0.39, 0.29) is 5.78 Å². The summed E-state index contributed by atoms with van der Waals surface area (Å²) >= 11 is 3.52. The maximum atomic E-state index is 12.6. The molecule has 0 atom stereocenters. The van der Waals surface area contributed by atoms with Crippen LogP contribution in [0.25, 0.3) is 0 Å². The molecule has 2 rings (SSSR count). The molecule has 0 amide bonds. The van der Waals surface area contributed by atoms with Crippen LogP contribution in [0, 0.1) is 12.8 Å². The Labute approximate surface area is 129 Å². The first kappa shape index (κ1) is 15.0. The SMILES string of the molecule is Cc1cccc(C(=O)c2cccc(CC(C)C)c2)c1Br. The summed E-state index contributed by atoms with van der Waals surface area (Å²) in [7, 11) is 0. The Morgan fingerprint density at radius 1 is 1.15 bits per heavy atom. The molecule has 0 unspecified atom stereocenters. The number of ketones is 1. The average Bonchev–Trinajstić information content (AvgIpc) is 2.41. The van der Waals surface area contributed by atoms with Gasteiger partial charge in [0.2, 0.25) is 0 Å². The fourth-order valence-electron chi connectivity index (χ4n) is 2.29. The Balaban J connectivity index is 2.36. The summed E-state index contributed by atoms with van der Waals surface area (Å²) in [5.74, 6) is 0.664. The fraction of sp³-hybridized carbons (Fsp3) is 0.278. The highest BCUT2D eigenvalue weighted by Crippen LogP contribution is 2.24. The van der Waals surface area contributed by atoms with Gasteiger partial charge in [0.25, 0.3) is 0 Å². The van der Waals surface area contributed by atoms with Crippen molar-refractivity contribution in [1.82, 2.24) is 0 Å². The zero-order valence-electron chi connectivity index (χ0n) is 12.1. The van der Waals surface area contributed by atoms with Crippen molar-refractivity contribution >= 4 is 21.7 Å². The van der Waals surface area contributed by atoms with E-state index in [1.165, 1.54) is 5.56 Å². The second-order valence-electron chi connectivity index (χ2n) is 5.56. The van der Waals surface area contributed by atoms with E-state index in [9.17, 15) is 4.79 Å². The second kappa shape index (κ2) is 6.36. The van der Waals surface area contributed by atoms with E-state index in [0.29, 0.717) is 5.92 Å². The molecule has 0 bridgehead atoms. The van der Waals surface area contributed by atoms with Gasteiger partial charge in [-0.1, -0.05) is 44.2 Å². The lowest BCUT2D eigenvalue weighted by Gasteiger charge is -2.09. The predicted octanol–water partition coefficient (Wildman–Crippen LogP) is 5.19. The van der Waals surface area contributed by atoms with Gasteiger partial charge >= 0.3 is 0 Å². The Morgan fingerprint density at radius 2 is 1.85 bits per heavy atom. The molecule has 104 valence electrons. The van der Waals surface area contributed by atoms with Crippen molar-refractivity contribution in [3.63, 3.8) is 0 Å². The molecular formula is C18H19BrO. The van der Waals surface area contributed by atoms with Gasteiger partial charge in [-0.05, 0) is 58.5 Å². The maximum absolute atomic E-state index is 12.6. The van der Waals surface area contributed by atoms with E-state index in [1.807, 2.05) is 43.3 Å². The second-order valence-corrected chi connectivity index (χ2v) is 6.36. The summed E-state index contributed by atoms with van der Waals surface area (Å²) in [6, 6.07) is 13.7. The number of benzene rings is 2. The first-order chi connectivity index (χ1) is 9.49. The summed E-state index contributed by atoms with van der Waals surface area (Å²) in [5, 5.41) is 0. The van der Waals surface area contributed by atoms with Crippen molar-refractivity contribution in [2.24, 2.45) is 5.92 Å². The molecule has 1 nitrogen and oxygen atoms in total. The minimum absolute atomic E-state index is 0.0752. The number of hydrogen-bond donors (Lipinski definition) is 0. The summed E-state index contributed by atoms with van der Waals surface area (Å²) in [5.41, 5.74) is 3.78. The number of carbonyl (C=O) groups is 1. The van der Waals surface area contributed by atoms with E-state index in [4.69, 9.17) is 0 Å². The molecule has 0 radical (unpaired) electrons. The van der Waals surface area contributed by atoms with Crippen LogP contribution in [0.2, 0.25) is 0 Å². The standard InChI is InChI=1S/C18H19BrO/c1-12(2)10-14-7-5-8-15(11-14)18(20)16-9-4-6-13(3)17(16)19/h4-9,11-12H,10H2,1-3H3. The van der Waals surface area contributed by atoms with E-state index in [2.05, 4.69) is 35.8 Å². The lowest BCUT2D eigenvalue weighted by Crippen LogP contribution is -2.04. The molecule has 2 aromatic rings. The third-order valence-electron chi connectivity index (χ3n) is 3.27. The van der Waals surface area contributed by atoms with Gasteiger partial charge in [0.15, 0.2) is 5.78 Å². The lowest BCUT2D eigenvalue weighted by atomic mass is 9.97. The number of carbonyl (C=O) groups excluding carboxylic acids is 1. The Hall–Kier alpha value is -1.41. The molecule has 2 aromatic carbocycles. The van der Waals surface area contributed by atoms with Crippen LogP contribution in [0.4, 0.5) is 0 Å². The first-order valence-corrected chi connectivity index (χ1v) is 7.67. The molecule has 0 aromatic heterocycles. The van der Waals surface area contributed by atoms with Crippen LogP contribution in [0.3, 0.4) is 0 Å². The van der Waals surface area contributed by atoms with Gasteiger partial charge in [0, 0.05) is 15.6 Å². The molecule has 20 heavy (non-hydrogen) atoms. The van der Waals surface area contributed by atoms with Gasteiger partial charge in [-0.15, -0.1) is 0 Å². The zero-order chi connectivity index (χ0) is 14.7. The summed E-state index contributed by atoms with van der Waals surface area (Å²) in [4.78, 5) is 12.6. The van der Waals surface area contributed by atoms with Gasteiger partial charge in [0.1, 0.15) is 0 Å². The van der Waals surface area contributed by atoms with Gasteiger partial charge in [-0.25, -0.2) is 0 Å². The van der Waals surface area contributed by atoms with Crippen molar-refractivity contribution in [3.8, 4) is 0 Å². The average molecular weight is 331 g/mol. The number of rotatable bonds is 4. The van der Waals surface area contributed by atoms with Crippen LogP contribution in [0.5, 0.6) is 0 Å². The van der Waals surface area contributed by atoms with Crippen LogP contribution < -0.4 is 0 Å². The fourth-order valence-corrected chi connectivity index (χ4v) is 2.73. The van der Waals surface area contributed by atoms with Crippen molar-refractivity contribution in [2.45, 2.75) is 27.2 Å². The molecule has 0 aliphatic carbocycles. The third-order valence-corrected chi connectivity index (χ3v) is 4.32. The van der Waals surface area contributed by atoms with Crippen molar-refractivity contribution in [3.05, 3.63) is 69.2 Å². The van der Waals surface area contributed by atoms with E-state index in [0.717, 1.165) is 27.6 Å². The van der Waals surface area contributed by atoms with E-state index >= 15 is 0 Å². The van der Waals surface area contributed by atoms with E-state index in [1.54, 1.807) is 0 Å². The Morgan fingerprint density at radius 3 is 2.55 bits per heavy atom. The van der Waals surface area contributed by atoms with Crippen LogP contribution in [0.15, 0.2) is 46.9 Å². The zero-order valence-corrected chi connectivity index (χ0v) is 13.7. The molecule has 0 aliphatic heterocycles. The Bertz CT molecular complexity index is 629. The quantitative estimate of drug-likeness (QED) is 0.705. The minimum atomic E-state index is 0.0752. The number of hydrogen-bond acceptors (Lipinski definition) is 1. The molecular weight excluding hydrogens is 312 g/mol. The van der Waals surface area contributed by atoms with Crippen molar-refractivity contribution in [2.75, 3.05) is 0 Å². The smallest absolute Gasteiger partial charge is 0.194 e. The predicted molar refractivity (Wildman–Crippen MR) is 87.3 cm³/mol. The first-order valence-electron chi connectivity index (χ1n) is 6.87. The monoisotopic (exact) mass is 330 g/mol. The molecule has 0 N–H and O–H groups in total. The topological polar surface area (TPSA) is 17.1 Å². The van der Waals surface area contributed by atoms with Gasteiger partial charge < -0.3 is 0 Å². The largest absolute Gasteiger partial charge is 0.289 e. The van der Waals surface area contributed by atoms with Gasteiger partial charge in [-0.2, -0.15) is 0 Å². The highest BCUT2D eigenvalue weighted by Gasteiger charge is 2.14. The summed E-state index contributed by atoms with van der Waals surface area (Å²) in [6.07, 6.45) is 0.996. The molecule has 0 saturated heterocycles. The van der Waals surface area contributed by atoms with Gasteiger partial charge in [0.05, 0.1) is 0 Å². The maximum Gasteiger partial charge on any atom is 0.194 e. The molecule has 2 heteroatoms. The van der Waals surface area contributed by atoms with Crippen LogP contribution in [-0.4, -0.2) is 5.78 Å². The third kappa shape index (κ3) is 3.37. The highest BCUT2D eigenvalue weighted by atomic mass is 79.9. The Kier molecular flexibility index (Phi) is 4.77. The van der Waals surface area contributed by atoms with Gasteiger partial charge in [-0.3, -0.25) is 4.79 Å². The normalized spacial score (nSPS) is 10.8. The highest BCUT2D eigenvalue weighted by molar-refractivity contribution is 9.10. The van der Waals surface area contributed by atoms with Crippen LogP contribution >= 0.6 is 15.9 Å². The molecule has 0 fully saturated rings. The van der Waals surface area contributed by atoms with Crippen LogP contribution in [-0.2, 0) is 6.42 Å². The molecule has 0 heterocycles. The van der Waals surface area contributed by atoms with Crippen LogP contribution in [0.1, 0.15) is 40.9 Å². The van der Waals surface area contributed by atoms with E-state index < -0.39 is 0 Å². The lowest BCUT2D eigenvalue weighted by molar-refractivity contribution is 0.103. The minimum Gasteiger partial charge on any atom is -0.289 e. The van der Waals surface area contributed by atoms with Crippen molar-refractivity contribution < 1.29 is 4.79 Å². The summed E-state index contributed by atoms with van der Waals surface area (Å²) < 4.78 is 0.888. The van der Waals surface area contributed by atoms with Crippen molar-refractivity contribution in [1.29, 1.82) is 0 Å². The molecule has 0 spiro atoms. The number of halogens is 1.